The number of nitrogens with one attached hydrogen (secondary N) is 2. The molecule has 16 heteroatoms. The molecule has 0 unspecified atom stereocenters. The van der Waals surface area contributed by atoms with Gasteiger partial charge in [-0.15, -0.1) is 0 Å². The first kappa shape index (κ1) is 26.3. The van der Waals surface area contributed by atoms with Gasteiger partial charge in [0.2, 0.25) is 0 Å². The van der Waals surface area contributed by atoms with E-state index < -0.39 is 49.7 Å². The summed E-state index contributed by atoms with van der Waals surface area (Å²) in [6.45, 7) is -0.831. The number of nitro groups is 1. The third-order valence-corrected chi connectivity index (χ3v) is 6.56. The number of thiazole rings is 1. The molecule has 1 aromatic heterocycles. The van der Waals surface area contributed by atoms with Crippen molar-refractivity contribution < 1.29 is 41.5 Å². The molecule has 0 saturated carbocycles. The lowest BCUT2D eigenvalue weighted by Gasteiger charge is -2.15. The van der Waals surface area contributed by atoms with Crippen LogP contribution in [-0.2, 0) is 19.6 Å². The van der Waals surface area contributed by atoms with Gasteiger partial charge in [0.15, 0.2) is 23.2 Å². The van der Waals surface area contributed by atoms with Crippen molar-refractivity contribution in [2.45, 2.75) is 4.90 Å². The molecule has 0 spiro atoms. The zero-order valence-corrected chi connectivity index (χ0v) is 20.1. The van der Waals surface area contributed by atoms with Crippen molar-refractivity contribution in [2.24, 2.45) is 0 Å². The molecule has 36 heavy (non-hydrogen) atoms. The van der Waals surface area contributed by atoms with Crippen molar-refractivity contribution in [3.05, 3.63) is 64.1 Å². The number of nitrogens with zero attached hydrogens (tertiary/aromatic N) is 2. The van der Waals surface area contributed by atoms with Crippen molar-refractivity contribution in [3.63, 3.8) is 0 Å². The molecule has 1 amide bonds. The number of sulfonamides is 1. The van der Waals surface area contributed by atoms with Gasteiger partial charge in [-0.25, -0.2) is 22.6 Å². The molecule has 190 valence electrons. The highest BCUT2D eigenvalue weighted by Gasteiger charge is 2.26. The number of ether oxygens (including phenoxy) is 3. The van der Waals surface area contributed by atoms with E-state index in [0.29, 0.717) is 11.3 Å². The molecule has 0 atom stereocenters. The number of carbonyl (C=O) groups excluding carboxylic acids is 2. The zero-order valence-electron chi connectivity index (χ0n) is 18.5. The summed E-state index contributed by atoms with van der Waals surface area (Å²) in [6, 6.07) is 7.04. The first-order valence-corrected chi connectivity index (χ1v) is 12.0. The largest absolute Gasteiger partial charge is 0.493 e. The summed E-state index contributed by atoms with van der Waals surface area (Å²) in [6.07, 6.45) is 0.949. The topological polar surface area (TPSA) is 176 Å². The first-order valence-electron chi connectivity index (χ1n) is 9.66. The highest BCUT2D eigenvalue weighted by Crippen LogP contribution is 2.35. The Labute approximate surface area is 207 Å². The lowest BCUT2D eigenvalue weighted by Crippen LogP contribution is -2.21. The van der Waals surface area contributed by atoms with Crippen LogP contribution in [0.15, 0.2) is 47.5 Å². The second-order valence-electron chi connectivity index (χ2n) is 6.68. The number of methoxy groups -OCH3 is 2. The number of benzene rings is 2. The van der Waals surface area contributed by atoms with Crippen LogP contribution < -0.4 is 19.5 Å². The van der Waals surface area contributed by atoms with Crippen LogP contribution in [0.25, 0.3) is 0 Å². The Kier molecular flexibility index (Phi) is 8.00. The maximum atomic E-state index is 14.0. The van der Waals surface area contributed by atoms with E-state index in [1.807, 2.05) is 0 Å². The molecule has 13 nitrogen and oxygen atoms in total. The number of hydrogen-bond donors (Lipinski definition) is 2. The summed E-state index contributed by atoms with van der Waals surface area (Å²) in [5.74, 6) is -3.15. The Hall–Kier alpha value is -4.31. The predicted octanol–water partition coefficient (Wildman–Crippen LogP) is 2.80. The van der Waals surface area contributed by atoms with Crippen LogP contribution in [0.4, 0.5) is 20.2 Å². The van der Waals surface area contributed by atoms with E-state index in [9.17, 15) is 32.5 Å². The second kappa shape index (κ2) is 11.0. The Morgan fingerprint density at radius 3 is 2.53 bits per heavy atom. The van der Waals surface area contributed by atoms with E-state index in [4.69, 9.17) is 14.2 Å². The molecule has 2 aromatic carbocycles. The van der Waals surface area contributed by atoms with Crippen LogP contribution in [0.3, 0.4) is 0 Å². The van der Waals surface area contributed by atoms with E-state index in [0.717, 1.165) is 24.4 Å². The number of para-hydroxylation sites is 1. The minimum atomic E-state index is -4.40. The highest BCUT2D eigenvalue weighted by molar-refractivity contribution is 7.92. The van der Waals surface area contributed by atoms with E-state index in [1.54, 1.807) is 0 Å². The third kappa shape index (κ3) is 6.02. The number of hydrogen-bond acceptors (Lipinski definition) is 11. The fourth-order valence-corrected chi connectivity index (χ4v) is 4.52. The lowest BCUT2D eigenvalue weighted by atomic mass is 10.2. The van der Waals surface area contributed by atoms with Crippen LogP contribution in [0.1, 0.15) is 10.4 Å². The fraction of sp³-hybridized carbons (Fsp3) is 0.150. The van der Waals surface area contributed by atoms with Gasteiger partial charge in [-0.1, -0.05) is 12.1 Å². The van der Waals surface area contributed by atoms with Gasteiger partial charge in [0.05, 0.1) is 29.7 Å². The molecule has 0 bridgehead atoms. The minimum absolute atomic E-state index is 0.0886. The Bertz CT molecular complexity index is 1430. The summed E-state index contributed by atoms with van der Waals surface area (Å²) in [5, 5.41) is 12.5. The van der Waals surface area contributed by atoms with Gasteiger partial charge in [0.25, 0.3) is 15.9 Å². The smallest absolute Gasteiger partial charge is 0.345 e. The molecule has 0 radical (unpaired) electrons. The summed E-state index contributed by atoms with van der Waals surface area (Å²) >= 11 is 0.598. The molecule has 0 aliphatic heterocycles. The number of carbonyl (C=O) groups is 2. The van der Waals surface area contributed by atoms with Crippen molar-refractivity contribution in [1.82, 2.24) is 4.98 Å². The predicted molar refractivity (Wildman–Crippen MR) is 124 cm³/mol. The highest BCUT2D eigenvalue weighted by atomic mass is 32.2. The van der Waals surface area contributed by atoms with Gasteiger partial charge in [-0.2, -0.15) is 0 Å². The summed E-state index contributed by atoms with van der Waals surface area (Å²) in [4.78, 5) is 38.0. The van der Waals surface area contributed by atoms with Crippen molar-refractivity contribution in [2.75, 3.05) is 30.9 Å². The molecule has 3 rings (SSSR count). The monoisotopic (exact) mass is 540 g/mol. The Morgan fingerprint density at radius 2 is 1.92 bits per heavy atom. The maximum absolute atomic E-state index is 14.0. The molecular formula is C20H17FN4O9S2. The standard InChI is InChI=1S/C20H17FN4O9S2/c1-32-15-8-11(36(30,31)24-14-6-4-3-5-13(14)21)7-12(18(15)33-2)19(27)34-10-16(26)23-20-22-9-17(35-20)25(28)29/h3-9,24H,10H2,1-2H3,(H,22,23,26). The molecule has 0 aliphatic carbocycles. The third-order valence-electron chi connectivity index (χ3n) is 4.35. The summed E-state index contributed by atoms with van der Waals surface area (Å²) in [7, 11) is -2.00. The van der Waals surface area contributed by atoms with Crippen molar-refractivity contribution in [1.29, 1.82) is 0 Å². The van der Waals surface area contributed by atoms with Crippen LogP contribution in [0.5, 0.6) is 11.5 Å². The van der Waals surface area contributed by atoms with Crippen LogP contribution >= 0.6 is 11.3 Å². The van der Waals surface area contributed by atoms with Gasteiger partial charge in [-0.05, 0) is 29.5 Å². The minimum Gasteiger partial charge on any atom is -0.493 e. The maximum Gasteiger partial charge on any atom is 0.345 e. The Balaban J connectivity index is 1.82. The average Bonchev–Trinajstić information content (AvgIpc) is 3.31. The summed E-state index contributed by atoms with van der Waals surface area (Å²) < 4.78 is 57.0. The van der Waals surface area contributed by atoms with Crippen molar-refractivity contribution in [3.8, 4) is 11.5 Å². The van der Waals surface area contributed by atoms with Gasteiger partial charge < -0.3 is 14.2 Å². The van der Waals surface area contributed by atoms with Crippen LogP contribution in [0, 0.1) is 15.9 Å². The zero-order chi connectivity index (χ0) is 26.5. The average molecular weight is 541 g/mol. The fourth-order valence-electron chi connectivity index (χ4n) is 2.77. The number of halogens is 1. The van der Waals surface area contributed by atoms with E-state index >= 15 is 0 Å². The van der Waals surface area contributed by atoms with Crippen LogP contribution in [0.2, 0.25) is 0 Å². The lowest BCUT2D eigenvalue weighted by molar-refractivity contribution is -0.380. The number of amides is 1. The van der Waals surface area contributed by atoms with E-state index in [-0.39, 0.29) is 27.3 Å². The SMILES string of the molecule is COc1cc(S(=O)(=O)Nc2ccccc2F)cc(C(=O)OCC(=O)Nc2ncc([N+](=O)[O-])s2)c1OC. The second-order valence-corrected chi connectivity index (χ2v) is 9.37. The normalized spacial score (nSPS) is 10.9. The molecule has 1 heterocycles. The van der Waals surface area contributed by atoms with Gasteiger partial charge in [-0.3, -0.25) is 24.9 Å². The van der Waals surface area contributed by atoms with Crippen molar-refractivity contribution >= 4 is 49.1 Å². The number of anilines is 2. The molecular weight excluding hydrogens is 523 g/mol. The molecule has 0 saturated heterocycles. The van der Waals surface area contributed by atoms with Gasteiger partial charge in [0.1, 0.15) is 17.6 Å². The summed E-state index contributed by atoms with van der Waals surface area (Å²) in [5.41, 5.74) is -0.723. The van der Waals surface area contributed by atoms with E-state index in [2.05, 4.69) is 15.0 Å². The number of aromatic nitrogens is 1. The number of esters is 1. The molecule has 0 fully saturated rings. The molecule has 2 N–H and O–H groups in total. The Morgan fingerprint density at radius 1 is 1.19 bits per heavy atom. The first-order chi connectivity index (χ1) is 17.1. The molecule has 3 aromatic rings. The number of rotatable bonds is 10. The molecule has 0 aliphatic rings. The van der Waals surface area contributed by atoms with Gasteiger partial charge in [0, 0.05) is 6.07 Å². The van der Waals surface area contributed by atoms with Crippen LogP contribution in [-0.4, -0.2) is 51.0 Å². The quantitative estimate of drug-likeness (QED) is 0.221. The van der Waals surface area contributed by atoms with Gasteiger partial charge >= 0.3 is 11.0 Å². The van der Waals surface area contributed by atoms with E-state index in [1.165, 1.54) is 32.4 Å².